The van der Waals surface area contributed by atoms with Crippen LogP contribution >= 0.6 is 0 Å². The van der Waals surface area contributed by atoms with Gasteiger partial charge in [-0.05, 0) is 50.6 Å². The molecule has 1 heterocycles. The van der Waals surface area contributed by atoms with Gasteiger partial charge in [-0.1, -0.05) is 30.3 Å². The summed E-state index contributed by atoms with van der Waals surface area (Å²) in [4.78, 5) is 0. The Morgan fingerprint density at radius 3 is 2.78 bits per heavy atom. The van der Waals surface area contributed by atoms with E-state index in [4.69, 9.17) is 4.74 Å². The molecule has 1 aliphatic heterocycles. The van der Waals surface area contributed by atoms with Crippen LogP contribution in [0.2, 0.25) is 0 Å². The molecule has 1 aliphatic carbocycles. The minimum Gasteiger partial charge on any atom is -0.375 e. The van der Waals surface area contributed by atoms with E-state index < -0.39 is 0 Å². The number of hydrogen-bond donors (Lipinski definition) is 1. The smallest absolute Gasteiger partial charge is 0.0697 e. The molecule has 1 aromatic rings. The summed E-state index contributed by atoms with van der Waals surface area (Å²) in [5, 5.41) is 3.71. The average molecular weight is 245 g/mol. The fraction of sp³-hybridized carbons (Fsp3) is 0.625. The Balaban J connectivity index is 1.43. The maximum Gasteiger partial charge on any atom is 0.0697 e. The van der Waals surface area contributed by atoms with Crippen molar-refractivity contribution >= 4 is 0 Å². The van der Waals surface area contributed by atoms with E-state index in [1.54, 1.807) is 0 Å². The first-order chi connectivity index (χ1) is 8.86. The van der Waals surface area contributed by atoms with Gasteiger partial charge in [0.25, 0.3) is 0 Å². The molecule has 2 aliphatic rings. The van der Waals surface area contributed by atoms with Gasteiger partial charge < -0.3 is 10.1 Å². The molecule has 2 fully saturated rings. The highest BCUT2D eigenvalue weighted by Crippen LogP contribution is 2.42. The second kappa shape index (κ2) is 5.41. The number of rotatable bonds is 4. The third kappa shape index (κ3) is 2.76. The van der Waals surface area contributed by atoms with Gasteiger partial charge in [-0.25, -0.2) is 0 Å². The van der Waals surface area contributed by atoms with Crippen molar-refractivity contribution in [2.45, 2.75) is 50.2 Å². The lowest BCUT2D eigenvalue weighted by atomic mass is 9.74. The average Bonchev–Trinajstić information content (AvgIpc) is 2.39. The van der Waals surface area contributed by atoms with Gasteiger partial charge in [0.15, 0.2) is 0 Å². The van der Waals surface area contributed by atoms with E-state index in [1.165, 1.54) is 37.7 Å². The zero-order valence-electron chi connectivity index (χ0n) is 11.0. The van der Waals surface area contributed by atoms with E-state index in [0.717, 1.165) is 19.6 Å². The monoisotopic (exact) mass is 245 g/mol. The molecule has 1 aromatic carbocycles. The highest BCUT2D eigenvalue weighted by molar-refractivity contribution is 5.14. The lowest BCUT2D eigenvalue weighted by molar-refractivity contribution is -0.135. The summed E-state index contributed by atoms with van der Waals surface area (Å²) < 4.78 is 5.96. The fourth-order valence-corrected chi connectivity index (χ4v) is 3.19. The van der Waals surface area contributed by atoms with Crippen LogP contribution in [0.4, 0.5) is 0 Å². The molecule has 0 aromatic heterocycles. The minimum atomic E-state index is 0.267. The van der Waals surface area contributed by atoms with E-state index in [-0.39, 0.29) is 5.60 Å². The van der Waals surface area contributed by atoms with Crippen molar-refractivity contribution in [3.05, 3.63) is 35.9 Å². The SMILES string of the molecule is c1ccc(CCNC2CCOC3(CCC3)C2)cc1. The summed E-state index contributed by atoms with van der Waals surface area (Å²) in [5.41, 5.74) is 1.69. The molecule has 2 heteroatoms. The topological polar surface area (TPSA) is 21.3 Å². The Labute approximate surface area is 110 Å². The van der Waals surface area contributed by atoms with Crippen molar-refractivity contribution < 1.29 is 4.74 Å². The molecule has 0 amide bonds. The van der Waals surface area contributed by atoms with Crippen LogP contribution < -0.4 is 5.32 Å². The van der Waals surface area contributed by atoms with Crippen molar-refractivity contribution in [2.75, 3.05) is 13.2 Å². The molecule has 1 saturated carbocycles. The summed E-state index contributed by atoms with van der Waals surface area (Å²) in [5.74, 6) is 0. The van der Waals surface area contributed by atoms with Gasteiger partial charge in [-0.3, -0.25) is 0 Å². The minimum absolute atomic E-state index is 0.267. The summed E-state index contributed by atoms with van der Waals surface area (Å²) in [6.07, 6.45) is 7.45. The molecule has 1 spiro atoms. The Morgan fingerprint density at radius 1 is 1.22 bits per heavy atom. The molecular formula is C16H23NO. The van der Waals surface area contributed by atoms with E-state index in [1.807, 2.05) is 0 Å². The van der Waals surface area contributed by atoms with E-state index in [9.17, 15) is 0 Å². The third-order valence-electron chi connectivity index (χ3n) is 4.45. The van der Waals surface area contributed by atoms with Crippen LogP contribution in [0, 0.1) is 0 Å². The third-order valence-corrected chi connectivity index (χ3v) is 4.45. The van der Waals surface area contributed by atoms with E-state index in [0.29, 0.717) is 6.04 Å². The van der Waals surface area contributed by atoms with Gasteiger partial charge in [0.05, 0.1) is 5.60 Å². The lowest BCUT2D eigenvalue weighted by Crippen LogP contribution is -2.51. The second-order valence-corrected chi connectivity index (χ2v) is 5.76. The second-order valence-electron chi connectivity index (χ2n) is 5.76. The van der Waals surface area contributed by atoms with Crippen molar-refractivity contribution in [2.24, 2.45) is 0 Å². The van der Waals surface area contributed by atoms with Crippen LogP contribution in [0.5, 0.6) is 0 Å². The molecule has 0 bridgehead atoms. The first kappa shape index (κ1) is 12.2. The Hall–Kier alpha value is -0.860. The maximum absolute atomic E-state index is 5.96. The maximum atomic E-state index is 5.96. The number of nitrogens with one attached hydrogen (secondary N) is 1. The molecule has 3 rings (SSSR count). The molecule has 1 unspecified atom stereocenters. The van der Waals surface area contributed by atoms with Crippen LogP contribution in [0.1, 0.15) is 37.7 Å². The van der Waals surface area contributed by atoms with Gasteiger partial charge >= 0.3 is 0 Å². The normalized spacial score (nSPS) is 25.9. The van der Waals surface area contributed by atoms with Crippen LogP contribution in [0.3, 0.4) is 0 Å². The largest absolute Gasteiger partial charge is 0.375 e. The number of benzene rings is 1. The summed E-state index contributed by atoms with van der Waals surface area (Å²) in [6, 6.07) is 11.4. The summed E-state index contributed by atoms with van der Waals surface area (Å²) in [7, 11) is 0. The molecule has 18 heavy (non-hydrogen) atoms. The van der Waals surface area contributed by atoms with Gasteiger partial charge in [-0.15, -0.1) is 0 Å². The predicted octanol–water partition coefficient (Wildman–Crippen LogP) is 2.92. The van der Waals surface area contributed by atoms with Crippen molar-refractivity contribution in [1.82, 2.24) is 5.32 Å². The van der Waals surface area contributed by atoms with Crippen molar-refractivity contribution in [1.29, 1.82) is 0 Å². The molecular weight excluding hydrogens is 222 g/mol. The molecule has 1 saturated heterocycles. The van der Waals surface area contributed by atoms with Crippen LogP contribution in [-0.4, -0.2) is 24.8 Å². The summed E-state index contributed by atoms with van der Waals surface area (Å²) >= 11 is 0. The lowest BCUT2D eigenvalue weighted by Gasteiger charge is -2.47. The zero-order chi connectivity index (χ0) is 12.3. The predicted molar refractivity (Wildman–Crippen MR) is 73.7 cm³/mol. The zero-order valence-corrected chi connectivity index (χ0v) is 11.0. The fourth-order valence-electron chi connectivity index (χ4n) is 3.19. The van der Waals surface area contributed by atoms with Gasteiger partial charge in [0.1, 0.15) is 0 Å². The van der Waals surface area contributed by atoms with Gasteiger partial charge in [0, 0.05) is 12.6 Å². The Kier molecular flexibility index (Phi) is 3.67. The van der Waals surface area contributed by atoms with E-state index in [2.05, 4.69) is 35.6 Å². The molecule has 1 atom stereocenters. The molecule has 1 N–H and O–H groups in total. The molecule has 0 radical (unpaired) electrons. The van der Waals surface area contributed by atoms with Crippen LogP contribution in [-0.2, 0) is 11.2 Å². The van der Waals surface area contributed by atoms with Crippen LogP contribution in [0.25, 0.3) is 0 Å². The Morgan fingerprint density at radius 2 is 2.06 bits per heavy atom. The van der Waals surface area contributed by atoms with Crippen molar-refractivity contribution in [3.63, 3.8) is 0 Å². The highest BCUT2D eigenvalue weighted by Gasteiger charge is 2.42. The van der Waals surface area contributed by atoms with Gasteiger partial charge in [0.2, 0.25) is 0 Å². The highest BCUT2D eigenvalue weighted by atomic mass is 16.5. The summed E-state index contributed by atoms with van der Waals surface area (Å²) in [6.45, 7) is 2.04. The van der Waals surface area contributed by atoms with E-state index >= 15 is 0 Å². The van der Waals surface area contributed by atoms with Crippen molar-refractivity contribution in [3.8, 4) is 0 Å². The standard InChI is InChI=1S/C16H23NO/c1-2-5-14(6-3-1)7-11-17-15-8-12-18-16(13-15)9-4-10-16/h1-3,5-6,15,17H,4,7-13H2. The molecule has 98 valence electrons. The first-order valence-corrected chi connectivity index (χ1v) is 7.28. The number of ether oxygens (including phenoxy) is 1. The quantitative estimate of drug-likeness (QED) is 0.880. The Bertz CT molecular complexity index is 372. The van der Waals surface area contributed by atoms with Crippen LogP contribution in [0.15, 0.2) is 30.3 Å². The first-order valence-electron chi connectivity index (χ1n) is 7.28. The van der Waals surface area contributed by atoms with Gasteiger partial charge in [-0.2, -0.15) is 0 Å². The molecule has 2 nitrogen and oxygen atoms in total. The number of hydrogen-bond acceptors (Lipinski definition) is 2.